The summed E-state index contributed by atoms with van der Waals surface area (Å²) in [4.78, 5) is 0. The minimum atomic E-state index is -2.61. The van der Waals surface area contributed by atoms with Crippen molar-refractivity contribution in [3.8, 4) is 0 Å². The van der Waals surface area contributed by atoms with E-state index in [0.29, 0.717) is 46.6 Å². The van der Waals surface area contributed by atoms with Crippen LogP contribution in [0.2, 0.25) is 11.1 Å². The van der Waals surface area contributed by atoms with Crippen LogP contribution < -0.4 is 10.4 Å². The highest BCUT2D eigenvalue weighted by Gasteiger charge is 2.61. The first kappa shape index (κ1) is 36.6. The maximum Gasteiger partial charge on any atom is 0.128 e. The van der Waals surface area contributed by atoms with Crippen molar-refractivity contribution in [1.82, 2.24) is 0 Å². The van der Waals surface area contributed by atoms with E-state index < -0.39 is 8.07 Å². The van der Waals surface area contributed by atoms with E-state index in [1.807, 2.05) is 0 Å². The topological polar surface area (TPSA) is 0 Å². The molecule has 4 aliphatic rings. The Morgan fingerprint density at radius 1 is 0.660 bits per heavy atom. The van der Waals surface area contributed by atoms with Crippen molar-refractivity contribution in [2.75, 3.05) is 0 Å². The number of rotatable bonds is 9. The summed E-state index contributed by atoms with van der Waals surface area (Å²) in [6, 6.07) is 23.9. The minimum Gasteiger partial charge on any atom is -0.103 e. The van der Waals surface area contributed by atoms with Gasteiger partial charge in [0.1, 0.15) is 8.07 Å². The van der Waals surface area contributed by atoms with Gasteiger partial charge in [-0.1, -0.05) is 200 Å². The second-order valence-corrected chi connectivity index (χ2v) is 23.1. The maximum atomic E-state index is 4.13. The van der Waals surface area contributed by atoms with Crippen LogP contribution in [-0.2, 0) is 0 Å². The summed E-state index contributed by atoms with van der Waals surface area (Å²) in [6.07, 6.45) is 31.3. The third-order valence-corrected chi connectivity index (χ3v) is 19.2. The zero-order chi connectivity index (χ0) is 35.9. The lowest BCUT2D eigenvalue weighted by Crippen LogP contribution is -2.67. The summed E-state index contributed by atoms with van der Waals surface area (Å²) in [6.45, 7) is 26.0. The molecule has 0 nitrogen and oxygen atoms in total. The van der Waals surface area contributed by atoms with Crippen LogP contribution in [0.3, 0.4) is 0 Å². The smallest absolute Gasteiger partial charge is 0.103 e. The van der Waals surface area contributed by atoms with Crippen LogP contribution in [0.15, 0.2) is 145 Å². The van der Waals surface area contributed by atoms with Gasteiger partial charge in [0.25, 0.3) is 0 Å². The highest BCUT2D eigenvalue weighted by Crippen LogP contribution is 2.62. The highest BCUT2D eigenvalue weighted by atomic mass is 28.3. The molecule has 8 atom stereocenters. The van der Waals surface area contributed by atoms with Gasteiger partial charge < -0.3 is 0 Å². The van der Waals surface area contributed by atoms with Crippen molar-refractivity contribution in [1.29, 1.82) is 0 Å². The Balaban J connectivity index is 1.63. The molecular formula is C49H64Si. The number of allylic oxidation sites excluding steroid dienone is 13. The Kier molecular flexibility index (Phi) is 10.3. The van der Waals surface area contributed by atoms with Gasteiger partial charge in [0.15, 0.2) is 0 Å². The van der Waals surface area contributed by atoms with Crippen molar-refractivity contribution >= 4 is 18.4 Å². The molecule has 1 fully saturated rings. The van der Waals surface area contributed by atoms with E-state index in [1.54, 1.807) is 10.4 Å². The van der Waals surface area contributed by atoms with E-state index in [9.17, 15) is 0 Å². The number of fused-ring (bicyclic) bond motifs is 1. The zero-order valence-corrected chi connectivity index (χ0v) is 33.6. The van der Waals surface area contributed by atoms with Crippen LogP contribution in [0.25, 0.3) is 0 Å². The largest absolute Gasteiger partial charge is 0.128 e. The summed E-state index contributed by atoms with van der Waals surface area (Å²) in [5.74, 6) is 3.01. The molecule has 2 aromatic rings. The fraction of sp³-hybridized carbons (Fsp3) is 0.469. The Morgan fingerprint density at radius 3 is 1.70 bits per heavy atom. The van der Waals surface area contributed by atoms with Gasteiger partial charge in [-0.05, 0) is 93.2 Å². The molecule has 4 aliphatic carbocycles. The number of benzene rings is 2. The molecule has 264 valence electrons. The van der Waals surface area contributed by atoms with Crippen LogP contribution in [0.4, 0.5) is 0 Å². The molecule has 0 aliphatic heterocycles. The van der Waals surface area contributed by atoms with Crippen molar-refractivity contribution < 1.29 is 0 Å². The molecule has 2 aromatic carbocycles. The van der Waals surface area contributed by atoms with Gasteiger partial charge in [0, 0.05) is 0 Å². The molecule has 0 spiro atoms. The molecule has 0 saturated heterocycles. The molecule has 0 bridgehead atoms. The highest BCUT2D eigenvalue weighted by molar-refractivity contribution is 7.04. The van der Waals surface area contributed by atoms with E-state index in [-0.39, 0.29) is 16.2 Å². The molecule has 0 aromatic heterocycles. The van der Waals surface area contributed by atoms with Crippen LogP contribution in [0, 0.1) is 51.8 Å². The summed E-state index contributed by atoms with van der Waals surface area (Å²) >= 11 is 0. The predicted molar refractivity (Wildman–Crippen MR) is 221 cm³/mol. The van der Waals surface area contributed by atoms with Crippen molar-refractivity contribution in [2.24, 2.45) is 51.8 Å². The van der Waals surface area contributed by atoms with Crippen LogP contribution in [0.5, 0.6) is 0 Å². The SMILES string of the molecule is C=CCCC(C)(C)C1CC([Si](c2ccccc2)(c2ccccc2)C2C=C(C(C)(C)C)C=CC2C2C=CC(C(C)(C)C)=CC2C)C2C=CC=CC21. The quantitative estimate of drug-likeness (QED) is 0.183. The Labute approximate surface area is 307 Å². The fourth-order valence-electron chi connectivity index (χ4n) is 10.5. The predicted octanol–water partition coefficient (Wildman–Crippen LogP) is 12.3. The van der Waals surface area contributed by atoms with Crippen molar-refractivity contribution in [3.63, 3.8) is 0 Å². The molecule has 1 saturated carbocycles. The fourth-order valence-corrected chi connectivity index (χ4v) is 17.4. The molecule has 0 N–H and O–H groups in total. The lowest BCUT2D eigenvalue weighted by Gasteiger charge is -2.51. The molecule has 0 amide bonds. The average molecular weight is 681 g/mol. The van der Waals surface area contributed by atoms with Crippen LogP contribution >= 0.6 is 0 Å². The Morgan fingerprint density at radius 2 is 1.18 bits per heavy atom. The molecule has 50 heavy (non-hydrogen) atoms. The number of hydrogen-bond acceptors (Lipinski definition) is 0. The first-order valence-electron chi connectivity index (χ1n) is 19.6. The Hall–Kier alpha value is -3.16. The zero-order valence-electron chi connectivity index (χ0n) is 32.6. The van der Waals surface area contributed by atoms with Gasteiger partial charge in [-0.15, -0.1) is 6.58 Å². The standard InChI is InChI=1S/C49H64Si/c1-11-12-31-49(9,10)44-34-46(42-26-20-19-25-41(42)44)50(38-21-15-13-16-22-38,39-23-17-14-18-24-39)45-33-37(48(6,7)8)28-30-43(45)40-29-27-36(32-35(40)2)47(3,4)5/h11,13-30,32-33,35,40-46H,1,12,31,34H2,2-10H3. The average Bonchev–Trinajstić information content (AvgIpc) is 3.49. The molecule has 6 rings (SSSR count). The second-order valence-electron chi connectivity index (χ2n) is 18.8. The van der Waals surface area contributed by atoms with Gasteiger partial charge >= 0.3 is 0 Å². The first-order valence-corrected chi connectivity index (χ1v) is 21.7. The van der Waals surface area contributed by atoms with Crippen LogP contribution in [0.1, 0.15) is 81.6 Å². The monoisotopic (exact) mass is 680 g/mol. The second kappa shape index (κ2) is 14.1. The van der Waals surface area contributed by atoms with Gasteiger partial charge in [-0.3, -0.25) is 0 Å². The minimum absolute atomic E-state index is 0.0709. The lowest BCUT2D eigenvalue weighted by atomic mass is 9.69. The summed E-state index contributed by atoms with van der Waals surface area (Å²) in [5.41, 5.74) is 4.39. The van der Waals surface area contributed by atoms with Gasteiger partial charge in [-0.25, -0.2) is 0 Å². The first-order chi connectivity index (χ1) is 23.7. The van der Waals surface area contributed by atoms with E-state index in [0.717, 1.165) is 6.42 Å². The van der Waals surface area contributed by atoms with Gasteiger partial charge in [0.05, 0.1) is 0 Å². The molecule has 1 heteroatoms. The van der Waals surface area contributed by atoms with E-state index in [2.05, 4.69) is 196 Å². The van der Waals surface area contributed by atoms with E-state index >= 15 is 0 Å². The molecule has 0 radical (unpaired) electrons. The van der Waals surface area contributed by atoms with E-state index in [4.69, 9.17) is 0 Å². The Bertz CT molecular complexity index is 1640. The van der Waals surface area contributed by atoms with Crippen molar-refractivity contribution in [3.05, 3.63) is 145 Å². The molecule has 0 heterocycles. The summed E-state index contributed by atoms with van der Waals surface area (Å²) in [5, 5.41) is 3.21. The van der Waals surface area contributed by atoms with Gasteiger partial charge in [0.2, 0.25) is 0 Å². The third-order valence-electron chi connectivity index (χ3n) is 13.3. The van der Waals surface area contributed by atoms with Crippen molar-refractivity contribution in [2.45, 2.75) is 92.7 Å². The summed E-state index contributed by atoms with van der Waals surface area (Å²) < 4.78 is 0. The lowest BCUT2D eigenvalue weighted by molar-refractivity contribution is 0.164. The normalized spacial score (nSPS) is 29.8. The summed E-state index contributed by atoms with van der Waals surface area (Å²) in [7, 11) is -2.61. The molecular weight excluding hydrogens is 617 g/mol. The third kappa shape index (κ3) is 6.77. The van der Waals surface area contributed by atoms with Crippen LogP contribution in [-0.4, -0.2) is 8.07 Å². The number of hydrogen-bond donors (Lipinski definition) is 0. The van der Waals surface area contributed by atoms with E-state index in [1.165, 1.54) is 24.0 Å². The van der Waals surface area contributed by atoms with Gasteiger partial charge in [-0.2, -0.15) is 0 Å². The molecule has 8 unspecified atom stereocenters. The maximum absolute atomic E-state index is 4.13.